The highest BCUT2D eigenvalue weighted by molar-refractivity contribution is 5.56. The van der Waals surface area contributed by atoms with E-state index >= 15 is 0 Å². The van der Waals surface area contributed by atoms with Crippen LogP contribution in [0.25, 0.3) is 11.3 Å². The number of nitrogens with zero attached hydrogens (tertiary/aromatic N) is 5. The number of fused-ring (bicyclic) bond motifs is 1. The molecule has 1 N–H and O–H groups in total. The number of rotatable bonds is 5. The van der Waals surface area contributed by atoms with Crippen molar-refractivity contribution >= 4 is 11.5 Å². The zero-order valence-electron chi connectivity index (χ0n) is 16.8. The van der Waals surface area contributed by atoms with Gasteiger partial charge in [0.2, 0.25) is 0 Å². The van der Waals surface area contributed by atoms with Gasteiger partial charge in [0.25, 0.3) is 0 Å². The van der Waals surface area contributed by atoms with Crippen LogP contribution in [0.5, 0.6) is 5.75 Å². The molecule has 0 radical (unpaired) electrons. The maximum atomic E-state index is 5.30. The number of methoxy groups -OCH3 is 1. The summed E-state index contributed by atoms with van der Waals surface area (Å²) in [5, 5.41) is 12.7. The largest absolute Gasteiger partial charge is 0.497 e. The summed E-state index contributed by atoms with van der Waals surface area (Å²) in [4.78, 5) is 4.63. The minimum absolute atomic E-state index is 0.0502. The third-order valence-corrected chi connectivity index (χ3v) is 4.97. The highest BCUT2D eigenvalue weighted by atomic mass is 16.5. The average molecular weight is 376 g/mol. The molecular formula is C21H24N6O. The van der Waals surface area contributed by atoms with Crippen molar-refractivity contribution in [1.82, 2.24) is 24.4 Å². The molecule has 4 aromatic rings. The second kappa shape index (κ2) is 6.99. The molecule has 0 aliphatic carbocycles. The van der Waals surface area contributed by atoms with Gasteiger partial charge in [-0.1, -0.05) is 6.07 Å². The van der Waals surface area contributed by atoms with Crippen molar-refractivity contribution in [3.63, 3.8) is 0 Å². The lowest BCUT2D eigenvalue weighted by Crippen LogP contribution is -2.11. The first kappa shape index (κ1) is 18.0. The summed E-state index contributed by atoms with van der Waals surface area (Å²) < 4.78 is 9.03. The molecule has 0 saturated carbocycles. The van der Waals surface area contributed by atoms with E-state index in [1.165, 1.54) is 0 Å². The van der Waals surface area contributed by atoms with Crippen molar-refractivity contribution in [2.45, 2.75) is 33.7 Å². The van der Waals surface area contributed by atoms with E-state index in [1.54, 1.807) is 7.11 Å². The number of anilines is 1. The number of benzene rings is 1. The van der Waals surface area contributed by atoms with Gasteiger partial charge in [-0.3, -0.25) is 0 Å². The summed E-state index contributed by atoms with van der Waals surface area (Å²) in [6.45, 7) is 8.16. The fourth-order valence-electron chi connectivity index (χ4n) is 3.21. The van der Waals surface area contributed by atoms with E-state index in [0.717, 1.165) is 45.4 Å². The van der Waals surface area contributed by atoms with Crippen LogP contribution in [-0.2, 0) is 0 Å². The zero-order chi connectivity index (χ0) is 19.8. The van der Waals surface area contributed by atoms with Crippen molar-refractivity contribution in [3.05, 3.63) is 65.2 Å². The molecule has 28 heavy (non-hydrogen) atoms. The minimum Gasteiger partial charge on any atom is -0.497 e. The number of hydrogen-bond donors (Lipinski definition) is 1. The predicted octanol–water partition coefficient (Wildman–Crippen LogP) is 4.02. The molecule has 0 fully saturated rings. The van der Waals surface area contributed by atoms with E-state index in [4.69, 9.17) is 4.74 Å². The van der Waals surface area contributed by atoms with Crippen LogP contribution < -0.4 is 10.1 Å². The molecule has 1 atom stereocenters. The first-order valence-electron chi connectivity index (χ1n) is 9.25. The Morgan fingerprint density at radius 1 is 1.14 bits per heavy atom. The summed E-state index contributed by atoms with van der Waals surface area (Å²) >= 11 is 0. The average Bonchev–Trinajstić information content (AvgIpc) is 3.29. The van der Waals surface area contributed by atoms with Gasteiger partial charge < -0.3 is 10.1 Å². The van der Waals surface area contributed by atoms with Gasteiger partial charge in [-0.25, -0.2) is 9.67 Å². The molecule has 144 valence electrons. The highest BCUT2D eigenvalue weighted by Crippen LogP contribution is 2.24. The fourth-order valence-corrected chi connectivity index (χ4v) is 3.21. The normalized spacial score (nSPS) is 12.3. The van der Waals surface area contributed by atoms with Crippen molar-refractivity contribution in [1.29, 1.82) is 0 Å². The molecule has 1 aromatic carbocycles. The standard InChI is InChI=1S/C21H24N6O/c1-13-9-20(27-21(23-13)14(2)15(3)25-27)24-16(4)17-11-22-26(12-17)18-7-6-8-19(10-18)28-5/h6-12,16,24H,1-5H3/t16-/m0/s1. The van der Waals surface area contributed by atoms with Gasteiger partial charge in [0.05, 0.1) is 30.7 Å². The van der Waals surface area contributed by atoms with Crippen molar-refractivity contribution < 1.29 is 4.74 Å². The van der Waals surface area contributed by atoms with E-state index in [9.17, 15) is 0 Å². The molecule has 0 aliphatic heterocycles. The quantitative estimate of drug-likeness (QED) is 0.570. The monoisotopic (exact) mass is 376 g/mol. The number of hydrogen-bond acceptors (Lipinski definition) is 5. The Hall–Kier alpha value is -3.35. The van der Waals surface area contributed by atoms with Crippen LogP contribution in [0.1, 0.15) is 35.5 Å². The number of aromatic nitrogens is 5. The van der Waals surface area contributed by atoms with Crippen molar-refractivity contribution in [2.75, 3.05) is 12.4 Å². The van der Waals surface area contributed by atoms with Crippen LogP contribution in [0.2, 0.25) is 0 Å². The van der Waals surface area contributed by atoms with Crippen LogP contribution in [0.4, 0.5) is 5.82 Å². The molecule has 0 spiro atoms. The lowest BCUT2D eigenvalue weighted by molar-refractivity contribution is 0.414. The third-order valence-electron chi connectivity index (χ3n) is 4.97. The first-order valence-corrected chi connectivity index (χ1v) is 9.25. The van der Waals surface area contributed by atoms with Gasteiger partial charge in [-0.15, -0.1) is 0 Å². The Kier molecular flexibility index (Phi) is 4.50. The molecule has 0 unspecified atom stereocenters. The number of aryl methyl sites for hydroxylation is 3. The Morgan fingerprint density at radius 3 is 2.75 bits per heavy atom. The van der Waals surface area contributed by atoms with Gasteiger partial charge >= 0.3 is 0 Å². The number of ether oxygens (including phenoxy) is 1. The third kappa shape index (κ3) is 3.19. The van der Waals surface area contributed by atoms with E-state index in [2.05, 4.69) is 34.3 Å². The Morgan fingerprint density at radius 2 is 1.96 bits per heavy atom. The molecule has 7 heteroatoms. The maximum absolute atomic E-state index is 5.30. The summed E-state index contributed by atoms with van der Waals surface area (Å²) in [5.74, 6) is 1.72. The van der Waals surface area contributed by atoms with E-state index in [-0.39, 0.29) is 6.04 Å². The predicted molar refractivity (Wildman–Crippen MR) is 109 cm³/mol. The van der Waals surface area contributed by atoms with Gasteiger partial charge in [-0.05, 0) is 39.8 Å². The van der Waals surface area contributed by atoms with Crippen LogP contribution in [0.3, 0.4) is 0 Å². The van der Waals surface area contributed by atoms with E-state index in [1.807, 2.05) is 65.8 Å². The minimum atomic E-state index is 0.0502. The lowest BCUT2D eigenvalue weighted by atomic mass is 10.2. The van der Waals surface area contributed by atoms with Gasteiger partial charge in [0.1, 0.15) is 11.6 Å². The van der Waals surface area contributed by atoms with Crippen molar-refractivity contribution in [2.24, 2.45) is 0 Å². The topological polar surface area (TPSA) is 69.3 Å². The molecule has 3 heterocycles. The molecular weight excluding hydrogens is 352 g/mol. The van der Waals surface area contributed by atoms with Crippen LogP contribution in [0, 0.1) is 20.8 Å². The molecule has 4 rings (SSSR count). The molecule has 7 nitrogen and oxygen atoms in total. The van der Waals surface area contributed by atoms with Crippen molar-refractivity contribution in [3.8, 4) is 11.4 Å². The van der Waals surface area contributed by atoms with Crippen LogP contribution in [0.15, 0.2) is 42.7 Å². The lowest BCUT2D eigenvalue weighted by Gasteiger charge is -2.15. The Balaban J connectivity index is 1.63. The summed E-state index contributed by atoms with van der Waals surface area (Å²) in [6.07, 6.45) is 3.90. The Bertz CT molecular complexity index is 1140. The first-order chi connectivity index (χ1) is 13.5. The molecule has 3 aromatic heterocycles. The number of nitrogens with one attached hydrogen (secondary N) is 1. The second-order valence-corrected chi connectivity index (χ2v) is 7.01. The molecule has 0 bridgehead atoms. The van der Waals surface area contributed by atoms with Crippen LogP contribution in [-0.4, -0.2) is 31.5 Å². The maximum Gasteiger partial charge on any atom is 0.160 e. The van der Waals surface area contributed by atoms with E-state index in [0.29, 0.717) is 0 Å². The van der Waals surface area contributed by atoms with Gasteiger partial charge in [0, 0.05) is 35.2 Å². The molecule has 0 amide bonds. The van der Waals surface area contributed by atoms with Gasteiger partial charge in [-0.2, -0.15) is 14.7 Å². The SMILES string of the molecule is COc1cccc(-n2cc([C@H](C)Nc3cc(C)nc4c(C)c(C)nn34)cn2)c1. The molecule has 0 aliphatic rings. The fraction of sp³-hybridized carbons (Fsp3) is 0.286. The van der Waals surface area contributed by atoms with Gasteiger partial charge in [0.15, 0.2) is 5.65 Å². The summed E-state index contributed by atoms with van der Waals surface area (Å²) in [7, 11) is 1.66. The smallest absolute Gasteiger partial charge is 0.160 e. The van der Waals surface area contributed by atoms with Crippen LogP contribution >= 0.6 is 0 Å². The molecule has 0 saturated heterocycles. The summed E-state index contributed by atoms with van der Waals surface area (Å²) in [5.41, 5.74) is 5.96. The summed E-state index contributed by atoms with van der Waals surface area (Å²) in [6, 6.07) is 9.90. The Labute approximate surface area is 164 Å². The van der Waals surface area contributed by atoms with E-state index < -0.39 is 0 Å². The second-order valence-electron chi connectivity index (χ2n) is 7.01. The zero-order valence-corrected chi connectivity index (χ0v) is 16.8. The highest BCUT2D eigenvalue weighted by Gasteiger charge is 2.15.